The van der Waals surface area contributed by atoms with Crippen molar-refractivity contribution in [2.75, 3.05) is 19.7 Å². The summed E-state index contributed by atoms with van der Waals surface area (Å²) < 4.78 is 1.87. The van der Waals surface area contributed by atoms with Gasteiger partial charge in [0.2, 0.25) is 5.91 Å². The highest BCUT2D eigenvalue weighted by Gasteiger charge is 2.30. The molecule has 2 heterocycles. The Kier molecular flexibility index (Phi) is 6.04. The number of aliphatic hydroxyl groups excluding tert-OH is 1. The van der Waals surface area contributed by atoms with E-state index in [0.717, 1.165) is 43.9 Å². The van der Waals surface area contributed by atoms with E-state index in [2.05, 4.69) is 17.3 Å². The van der Waals surface area contributed by atoms with E-state index in [-0.39, 0.29) is 17.9 Å². The van der Waals surface area contributed by atoms with Crippen LogP contribution in [-0.2, 0) is 17.9 Å². The molecular formula is C18H32N4O2. The van der Waals surface area contributed by atoms with Crippen molar-refractivity contribution in [2.45, 2.75) is 66.6 Å². The average molecular weight is 336 g/mol. The molecule has 0 bridgehead atoms. The zero-order chi connectivity index (χ0) is 17.9. The second kappa shape index (κ2) is 7.66. The number of aryl methyl sites for hydroxylation is 1. The highest BCUT2D eigenvalue weighted by molar-refractivity contribution is 5.81. The lowest BCUT2D eigenvalue weighted by Gasteiger charge is -2.36. The van der Waals surface area contributed by atoms with Crippen molar-refractivity contribution in [1.29, 1.82) is 0 Å². The highest BCUT2D eigenvalue weighted by atomic mass is 16.3. The number of nitrogens with one attached hydrogen (secondary N) is 1. The molecule has 1 fully saturated rings. The molecule has 1 amide bonds. The minimum atomic E-state index is -0.296. The number of amides is 1. The summed E-state index contributed by atoms with van der Waals surface area (Å²) in [6, 6.07) is 0.439. The first-order chi connectivity index (χ1) is 11.2. The van der Waals surface area contributed by atoms with Gasteiger partial charge in [0.25, 0.3) is 0 Å². The Hall–Kier alpha value is -1.40. The summed E-state index contributed by atoms with van der Waals surface area (Å²) in [5, 5.41) is 17.2. The lowest BCUT2D eigenvalue weighted by atomic mass is 9.93. The summed E-state index contributed by atoms with van der Waals surface area (Å²) in [6.07, 6.45) is 1.98. The van der Waals surface area contributed by atoms with E-state index >= 15 is 0 Å². The van der Waals surface area contributed by atoms with Gasteiger partial charge in [0.05, 0.1) is 18.8 Å². The maximum atomic E-state index is 12.3. The molecule has 1 saturated heterocycles. The summed E-state index contributed by atoms with van der Waals surface area (Å²) >= 11 is 0. The normalized spacial score (nSPS) is 16.7. The van der Waals surface area contributed by atoms with Gasteiger partial charge in [0, 0.05) is 42.3 Å². The Morgan fingerprint density at radius 2 is 1.92 bits per heavy atom. The van der Waals surface area contributed by atoms with E-state index in [1.807, 2.05) is 37.3 Å². The van der Waals surface area contributed by atoms with E-state index in [9.17, 15) is 4.79 Å². The van der Waals surface area contributed by atoms with E-state index in [1.54, 1.807) is 0 Å². The minimum Gasteiger partial charge on any atom is -0.394 e. The number of likely N-dealkylation sites (tertiary alicyclic amines) is 1. The predicted molar refractivity (Wildman–Crippen MR) is 94.7 cm³/mol. The first kappa shape index (κ1) is 18.9. The van der Waals surface area contributed by atoms with Crippen LogP contribution < -0.4 is 5.32 Å². The molecule has 0 aliphatic carbocycles. The fourth-order valence-corrected chi connectivity index (χ4v) is 3.31. The van der Waals surface area contributed by atoms with Crippen LogP contribution in [0.3, 0.4) is 0 Å². The molecule has 1 aliphatic rings. The SMILES string of the molecule is Cc1nn(CCO)c(C)c1CNC1CCN(C(=O)C(C)(C)C)CC1. The van der Waals surface area contributed by atoms with Crippen LogP contribution >= 0.6 is 0 Å². The lowest BCUT2D eigenvalue weighted by Crippen LogP contribution is -2.48. The van der Waals surface area contributed by atoms with Crippen molar-refractivity contribution < 1.29 is 9.90 Å². The number of piperidine rings is 1. The quantitative estimate of drug-likeness (QED) is 0.857. The number of carbonyl (C=O) groups excluding carboxylic acids is 1. The van der Waals surface area contributed by atoms with Gasteiger partial charge in [-0.25, -0.2) is 0 Å². The van der Waals surface area contributed by atoms with Crippen LogP contribution in [0.25, 0.3) is 0 Å². The Morgan fingerprint density at radius 3 is 2.46 bits per heavy atom. The summed E-state index contributed by atoms with van der Waals surface area (Å²) in [4.78, 5) is 14.3. The molecule has 1 aromatic heterocycles. The molecule has 2 rings (SSSR count). The Labute approximate surface area is 145 Å². The summed E-state index contributed by atoms with van der Waals surface area (Å²) in [7, 11) is 0. The summed E-state index contributed by atoms with van der Waals surface area (Å²) in [6.45, 7) is 13.1. The summed E-state index contributed by atoms with van der Waals surface area (Å²) in [5.41, 5.74) is 3.07. The fraction of sp³-hybridized carbons (Fsp3) is 0.778. The number of carbonyl (C=O) groups is 1. The van der Waals surface area contributed by atoms with Crippen molar-refractivity contribution in [3.8, 4) is 0 Å². The Bertz CT molecular complexity index is 566. The van der Waals surface area contributed by atoms with Crippen molar-refractivity contribution in [3.05, 3.63) is 17.0 Å². The second-order valence-electron chi connectivity index (χ2n) is 7.79. The molecule has 0 atom stereocenters. The fourth-order valence-electron chi connectivity index (χ4n) is 3.31. The third-order valence-corrected chi connectivity index (χ3v) is 4.83. The van der Waals surface area contributed by atoms with E-state index in [4.69, 9.17) is 5.11 Å². The first-order valence-electron chi connectivity index (χ1n) is 8.90. The minimum absolute atomic E-state index is 0.106. The molecule has 136 valence electrons. The van der Waals surface area contributed by atoms with E-state index in [1.165, 1.54) is 5.56 Å². The van der Waals surface area contributed by atoms with Gasteiger partial charge in [-0.2, -0.15) is 5.10 Å². The maximum absolute atomic E-state index is 12.3. The smallest absolute Gasteiger partial charge is 0.227 e. The Balaban J connectivity index is 1.86. The number of aromatic nitrogens is 2. The average Bonchev–Trinajstić information content (AvgIpc) is 2.79. The number of hydrogen-bond acceptors (Lipinski definition) is 4. The largest absolute Gasteiger partial charge is 0.394 e. The van der Waals surface area contributed by atoms with Gasteiger partial charge in [-0.05, 0) is 26.7 Å². The molecule has 0 spiro atoms. The van der Waals surface area contributed by atoms with Crippen molar-refractivity contribution in [1.82, 2.24) is 20.0 Å². The number of hydrogen-bond donors (Lipinski definition) is 2. The first-order valence-corrected chi connectivity index (χ1v) is 8.90. The van der Waals surface area contributed by atoms with Gasteiger partial charge in [-0.1, -0.05) is 20.8 Å². The standard InChI is InChI=1S/C18H32N4O2/c1-13-16(14(2)22(20-13)10-11-23)12-19-15-6-8-21(9-7-15)17(24)18(3,4)5/h15,19,23H,6-12H2,1-5H3. The van der Waals surface area contributed by atoms with E-state index < -0.39 is 0 Å². The third kappa shape index (κ3) is 4.36. The summed E-state index contributed by atoms with van der Waals surface area (Å²) in [5.74, 6) is 0.248. The van der Waals surface area contributed by atoms with Gasteiger partial charge in [0.1, 0.15) is 0 Å². The second-order valence-corrected chi connectivity index (χ2v) is 7.79. The predicted octanol–water partition coefficient (Wildman–Crippen LogP) is 1.62. The van der Waals surface area contributed by atoms with Crippen molar-refractivity contribution >= 4 is 5.91 Å². The van der Waals surface area contributed by atoms with Crippen LogP contribution in [0.2, 0.25) is 0 Å². The number of rotatable bonds is 5. The highest BCUT2D eigenvalue weighted by Crippen LogP contribution is 2.21. The van der Waals surface area contributed by atoms with Gasteiger partial charge >= 0.3 is 0 Å². The molecule has 1 aliphatic heterocycles. The molecule has 24 heavy (non-hydrogen) atoms. The zero-order valence-electron chi connectivity index (χ0n) is 15.7. The van der Waals surface area contributed by atoms with Crippen LogP contribution in [0.5, 0.6) is 0 Å². The van der Waals surface area contributed by atoms with Crippen LogP contribution in [0.15, 0.2) is 0 Å². The molecule has 2 N–H and O–H groups in total. The molecule has 1 aromatic rings. The van der Waals surface area contributed by atoms with Gasteiger partial charge < -0.3 is 15.3 Å². The molecule has 0 unspecified atom stereocenters. The van der Waals surface area contributed by atoms with Gasteiger partial charge in [-0.15, -0.1) is 0 Å². The van der Waals surface area contributed by atoms with Crippen molar-refractivity contribution in [2.24, 2.45) is 5.41 Å². The van der Waals surface area contributed by atoms with Crippen LogP contribution in [0, 0.1) is 19.3 Å². The number of nitrogens with zero attached hydrogens (tertiary/aromatic N) is 3. The van der Waals surface area contributed by atoms with Gasteiger partial charge in [-0.3, -0.25) is 9.48 Å². The van der Waals surface area contributed by atoms with Crippen LogP contribution in [-0.4, -0.2) is 51.4 Å². The van der Waals surface area contributed by atoms with Gasteiger partial charge in [0.15, 0.2) is 0 Å². The van der Waals surface area contributed by atoms with Crippen LogP contribution in [0.4, 0.5) is 0 Å². The van der Waals surface area contributed by atoms with E-state index in [0.29, 0.717) is 12.6 Å². The van der Waals surface area contributed by atoms with Crippen LogP contribution in [0.1, 0.15) is 50.6 Å². The maximum Gasteiger partial charge on any atom is 0.227 e. The zero-order valence-corrected chi connectivity index (χ0v) is 15.7. The molecule has 0 saturated carbocycles. The lowest BCUT2D eigenvalue weighted by molar-refractivity contribution is -0.140. The topological polar surface area (TPSA) is 70.4 Å². The number of aliphatic hydroxyl groups is 1. The Morgan fingerprint density at radius 1 is 1.29 bits per heavy atom. The molecule has 6 heteroatoms. The molecule has 6 nitrogen and oxygen atoms in total. The molecule has 0 aromatic carbocycles. The monoisotopic (exact) mass is 336 g/mol. The van der Waals surface area contributed by atoms with Crippen molar-refractivity contribution in [3.63, 3.8) is 0 Å². The molecule has 0 radical (unpaired) electrons. The third-order valence-electron chi connectivity index (χ3n) is 4.83. The molecular weight excluding hydrogens is 304 g/mol.